The van der Waals surface area contributed by atoms with Crippen molar-refractivity contribution in [1.82, 2.24) is 4.98 Å². The number of hydrogen-bond donors (Lipinski definition) is 2. The summed E-state index contributed by atoms with van der Waals surface area (Å²) in [6.45, 7) is 0. The van der Waals surface area contributed by atoms with E-state index >= 15 is 0 Å². The first-order valence-corrected chi connectivity index (χ1v) is 6.39. The molecule has 2 N–H and O–H groups in total. The number of nitrogens with one attached hydrogen (secondary N) is 2. The summed E-state index contributed by atoms with van der Waals surface area (Å²) in [5.41, 5.74) is 1.91. The van der Waals surface area contributed by atoms with Crippen LogP contribution in [-0.4, -0.2) is 18.0 Å². The van der Waals surface area contributed by atoms with Gasteiger partial charge in [0.1, 0.15) is 11.6 Å². The van der Waals surface area contributed by atoms with Gasteiger partial charge < -0.3 is 15.0 Å². The number of anilines is 1. The molecule has 106 valence electrons. The number of aromatic nitrogens is 1. The number of carbonyl (C=O) groups is 1. The maximum absolute atomic E-state index is 13.1. The van der Waals surface area contributed by atoms with Gasteiger partial charge in [-0.05, 0) is 36.4 Å². The van der Waals surface area contributed by atoms with Gasteiger partial charge >= 0.3 is 0 Å². The van der Waals surface area contributed by atoms with Crippen LogP contribution in [0.1, 0.15) is 10.4 Å². The predicted octanol–water partition coefficient (Wildman–Crippen LogP) is 3.57. The Kier molecular flexibility index (Phi) is 3.31. The first-order valence-electron chi connectivity index (χ1n) is 6.39. The average Bonchev–Trinajstić information content (AvgIpc) is 2.96. The zero-order chi connectivity index (χ0) is 14.8. The summed E-state index contributed by atoms with van der Waals surface area (Å²) >= 11 is 0. The zero-order valence-electron chi connectivity index (χ0n) is 11.3. The Morgan fingerprint density at radius 3 is 2.86 bits per heavy atom. The molecule has 2 aromatic carbocycles. The third-order valence-corrected chi connectivity index (χ3v) is 3.23. The van der Waals surface area contributed by atoms with E-state index in [1.165, 1.54) is 25.3 Å². The minimum absolute atomic E-state index is 0.275. The quantitative estimate of drug-likeness (QED) is 0.772. The van der Waals surface area contributed by atoms with Gasteiger partial charge in [0.25, 0.3) is 5.91 Å². The summed E-state index contributed by atoms with van der Waals surface area (Å²) in [6, 6.07) is 11.2. The molecule has 0 unspecified atom stereocenters. The molecule has 3 aromatic rings. The highest BCUT2D eigenvalue weighted by Gasteiger charge is 2.11. The molecule has 0 bridgehead atoms. The molecule has 0 spiro atoms. The fourth-order valence-electron chi connectivity index (χ4n) is 2.16. The van der Waals surface area contributed by atoms with Gasteiger partial charge in [-0.15, -0.1) is 0 Å². The summed E-state index contributed by atoms with van der Waals surface area (Å²) in [4.78, 5) is 15.3. The van der Waals surface area contributed by atoms with E-state index in [-0.39, 0.29) is 11.7 Å². The van der Waals surface area contributed by atoms with Gasteiger partial charge in [0, 0.05) is 28.7 Å². The number of H-pyrrole nitrogens is 1. The normalized spacial score (nSPS) is 10.6. The van der Waals surface area contributed by atoms with Crippen molar-refractivity contribution in [3.05, 3.63) is 60.0 Å². The molecule has 0 saturated heterocycles. The molecule has 0 aliphatic carbocycles. The smallest absolute Gasteiger partial charge is 0.255 e. The average molecular weight is 284 g/mol. The van der Waals surface area contributed by atoms with Gasteiger partial charge in [-0.1, -0.05) is 0 Å². The topological polar surface area (TPSA) is 54.1 Å². The number of ether oxygens (including phenoxy) is 1. The molecule has 5 heteroatoms. The van der Waals surface area contributed by atoms with Gasteiger partial charge in [-0.3, -0.25) is 4.79 Å². The Morgan fingerprint density at radius 1 is 1.19 bits per heavy atom. The van der Waals surface area contributed by atoms with E-state index < -0.39 is 5.82 Å². The van der Waals surface area contributed by atoms with Crippen LogP contribution < -0.4 is 10.1 Å². The Labute approximate surface area is 120 Å². The van der Waals surface area contributed by atoms with E-state index in [0.717, 1.165) is 10.9 Å². The number of hydrogen-bond acceptors (Lipinski definition) is 2. The van der Waals surface area contributed by atoms with Crippen LogP contribution in [-0.2, 0) is 0 Å². The SMILES string of the molecule is COc1cc(F)ccc1NC(=O)c1ccc2[nH]ccc2c1. The van der Waals surface area contributed by atoms with Crippen molar-refractivity contribution >= 4 is 22.5 Å². The number of aromatic amines is 1. The molecule has 4 nitrogen and oxygen atoms in total. The number of amides is 1. The Balaban J connectivity index is 1.88. The van der Waals surface area contributed by atoms with Crippen molar-refractivity contribution < 1.29 is 13.9 Å². The highest BCUT2D eigenvalue weighted by molar-refractivity contribution is 6.06. The van der Waals surface area contributed by atoms with Gasteiger partial charge in [0.15, 0.2) is 0 Å². The Bertz CT molecular complexity index is 811. The summed E-state index contributed by atoms with van der Waals surface area (Å²) < 4.78 is 18.2. The minimum Gasteiger partial charge on any atom is -0.494 e. The van der Waals surface area contributed by atoms with Crippen LogP contribution in [0.5, 0.6) is 5.75 Å². The van der Waals surface area contributed by atoms with Crippen molar-refractivity contribution in [1.29, 1.82) is 0 Å². The number of carbonyl (C=O) groups excluding carboxylic acids is 1. The number of rotatable bonds is 3. The van der Waals surface area contributed by atoms with Crippen molar-refractivity contribution in [2.24, 2.45) is 0 Å². The molecule has 1 heterocycles. The van der Waals surface area contributed by atoms with Gasteiger partial charge in [0.05, 0.1) is 12.8 Å². The number of halogens is 1. The molecule has 1 amide bonds. The lowest BCUT2D eigenvalue weighted by Crippen LogP contribution is -2.12. The second-order valence-corrected chi connectivity index (χ2v) is 4.58. The van der Waals surface area contributed by atoms with Crippen LogP contribution in [0.4, 0.5) is 10.1 Å². The first kappa shape index (κ1) is 13.2. The summed E-state index contributed by atoms with van der Waals surface area (Å²) in [7, 11) is 1.43. The summed E-state index contributed by atoms with van der Waals surface area (Å²) in [5.74, 6) is -0.410. The second kappa shape index (κ2) is 5.28. The lowest BCUT2D eigenvalue weighted by atomic mass is 10.1. The molecule has 0 atom stereocenters. The number of fused-ring (bicyclic) bond motifs is 1. The molecular weight excluding hydrogens is 271 g/mol. The largest absolute Gasteiger partial charge is 0.494 e. The standard InChI is InChI=1S/C16H13FN2O2/c1-21-15-9-12(17)3-5-14(15)19-16(20)11-2-4-13-10(8-11)6-7-18-13/h2-9,18H,1H3,(H,19,20). The van der Waals surface area contributed by atoms with E-state index in [1.54, 1.807) is 12.1 Å². The van der Waals surface area contributed by atoms with Gasteiger partial charge in [-0.25, -0.2) is 4.39 Å². The molecule has 0 radical (unpaired) electrons. The van der Waals surface area contributed by atoms with E-state index in [4.69, 9.17) is 4.74 Å². The van der Waals surface area contributed by atoms with Crippen LogP contribution in [0.2, 0.25) is 0 Å². The van der Waals surface area contributed by atoms with Crippen LogP contribution in [0.15, 0.2) is 48.7 Å². The van der Waals surface area contributed by atoms with Crippen molar-refractivity contribution in [2.45, 2.75) is 0 Å². The van der Waals surface area contributed by atoms with Crippen molar-refractivity contribution in [3.63, 3.8) is 0 Å². The molecule has 1 aromatic heterocycles. The van der Waals surface area contributed by atoms with Crippen LogP contribution in [0, 0.1) is 5.82 Å². The fourth-order valence-corrected chi connectivity index (χ4v) is 2.16. The fraction of sp³-hybridized carbons (Fsp3) is 0.0625. The minimum atomic E-state index is -0.418. The lowest BCUT2D eigenvalue weighted by molar-refractivity contribution is 0.102. The van der Waals surface area contributed by atoms with Crippen molar-refractivity contribution in [2.75, 3.05) is 12.4 Å². The van der Waals surface area contributed by atoms with Crippen LogP contribution in [0.3, 0.4) is 0 Å². The molecule has 0 fully saturated rings. The maximum Gasteiger partial charge on any atom is 0.255 e. The Morgan fingerprint density at radius 2 is 2.05 bits per heavy atom. The number of methoxy groups -OCH3 is 1. The van der Waals surface area contributed by atoms with Crippen molar-refractivity contribution in [3.8, 4) is 5.75 Å². The molecular formula is C16H13FN2O2. The summed E-state index contributed by atoms with van der Waals surface area (Å²) in [6.07, 6.45) is 1.81. The molecule has 21 heavy (non-hydrogen) atoms. The van der Waals surface area contributed by atoms with E-state index in [2.05, 4.69) is 10.3 Å². The molecule has 0 aliphatic rings. The highest BCUT2D eigenvalue weighted by atomic mass is 19.1. The second-order valence-electron chi connectivity index (χ2n) is 4.58. The van der Waals surface area contributed by atoms with E-state index in [1.807, 2.05) is 18.3 Å². The zero-order valence-corrected chi connectivity index (χ0v) is 11.3. The van der Waals surface area contributed by atoms with E-state index in [9.17, 15) is 9.18 Å². The third kappa shape index (κ3) is 2.58. The Hall–Kier alpha value is -2.82. The first-order chi connectivity index (χ1) is 10.2. The predicted molar refractivity (Wildman–Crippen MR) is 79.2 cm³/mol. The summed E-state index contributed by atoms with van der Waals surface area (Å²) in [5, 5.41) is 3.67. The molecule has 3 rings (SSSR count). The van der Waals surface area contributed by atoms with Gasteiger partial charge in [0.2, 0.25) is 0 Å². The molecule has 0 saturated carbocycles. The van der Waals surface area contributed by atoms with Gasteiger partial charge in [-0.2, -0.15) is 0 Å². The monoisotopic (exact) mass is 284 g/mol. The van der Waals surface area contributed by atoms with Crippen LogP contribution in [0.25, 0.3) is 10.9 Å². The molecule has 0 aliphatic heterocycles. The maximum atomic E-state index is 13.1. The van der Waals surface area contributed by atoms with Crippen LogP contribution >= 0.6 is 0 Å². The highest BCUT2D eigenvalue weighted by Crippen LogP contribution is 2.25. The third-order valence-electron chi connectivity index (χ3n) is 3.23. The van der Waals surface area contributed by atoms with E-state index in [0.29, 0.717) is 11.3 Å². The number of benzene rings is 2. The lowest BCUT2D eigenvalue weighted by Gasteiger charge is -2.10.